The van der Waals surface area contributed by atoms with Crippen molar-refractivity contribution in [3.05, 3.63) is 18.2 Å². The van der Waals surface area contributed by atoms with Crippen molar-refractivity contribution in [1.29, 1.82) is 0 Å². The summed E-state index contributed by atoms with van der Waals surface area (Å²) in [7, 11) is 1.89. The van der Waals surface area contributed by atoms with Crippen LogP contribution < -0.4 is 10.1 Å². The monoisotopic (exact) mass is 232 g/mol. The van der Waals surface area contributed by atoms with Crippen LogP contribution in [0.15, 0.2) is 18.2 Å². The number of hydrogen-bond donors (Lipinski definition) is 1. The minimum Gasteiger partial charge on any atom is -0.490 e. The number of nitrogens with zero attached hydrogens (tertiary/aromatic N) is 3. The molecular weight excluding hydrogens is 216 g/mol. The average Bonchev–Trinajstić information content (AvgIpc) is 2.72. The van der Waals surface area contributed by atoms with Gasteiger partial charge in [0, 0.05) is 13.1 Å². The second kappa shape index (κ2) is 4.33. The van der Waals surface area contributed by atoms with Crippen LogP contribution in [0.5, 0.6) is 5.75 Å². The van der Waals surface area contributed by atoms with Crippen LogP contribution in [-0.2, 0) is 7.05 Å². The lowest BCUT2D eigenvalue weighted by Gasteiger charge is -2.23. The molecule has 0 bridgehead atoms. The molecule has 0 atom stereocenters. The van der Waals surface area contributed by atoms with Crippen molar-refractivity contribution >= 4 is 11.0 Å². The smallest absolute Gasteiger partial charge is 0.122 e. The second-order valence-electron chi connectivity index (χ2n) is 4.43. The van der Waals surface area contributed by atoms with Crippen LogP contribution in [0.1, 0.15) is 12.8 Å². The molecule has 0 amide bonds. The van der Waals surface area contributed by atoms with Gasteiger partial charge in [-0.3, -0.25) is 0 Å². The maximum atomic E-state index is 5.96. The number of benzene rings is 1. The Bertz CT molecular complexity index is 516. The molecule has 1 aliphatic heterocycles. The van der Waals surface area contributed by atoms with Crippen LogP contribution >= 0.6 is 0 Å². The Kier molecular flexibility index (Phi) is 2.68. The molecule has 1 aromatic carbocycles. The number of aryl methyl sites for hydroxylation is 1. The van der Waals surface area contributed by atoms with Gasteiger partial charge in [-0.15, -0.1) is 5.10 Å². The molecule has 5 nitrogen and oxygen atoms in total. The summed E-state index contributed by atoms with van der Waals surface area (Å²) in [4.78, 5) is 0. The summed E-state index contributed by atoms with van der Waals surface area (Å²) in [6, 6.07) is 5.96. The van der Waals surface area contributed by atoms with Crippen molar-refractivity contribution < 1.29 is 4.74 Å². The Balaban J connectivity index is 1.80. The van der Waals surface area contributed by atoms with Gasteiger partial charge in [0.05, 0.1) is 5.52 Å². The van der Waals surface area contributed by atoms with E-state index in [2.05, 4.69) is 15.6 Å². The predicted molar refractivity (Wildman–Crippen MR) is 65.0 cm³/mol. The van der Waals surface area contributed by atoms with Crippen LogP contribution in [0, 0.1) is 0 Å². The molecule has 2 aromatic rings. The lowest BCUT2D eigenvalue weighted by molar-refractivity contribution is 0.162. The number of piperidine rings is 1. The molecule has 1 fully saturated rings. The standard InChI is InChI=1S/C12H16N4O/c1-16-12-3-2-10(8-11(12)14-15-16)17-9-4-6-13-7-5-9/h2-3,8-9,13H,4-7H2,1H3. The van der Waals surface area contributed by atoms with Gasteiger partial charge >= 0.3 is 0 Å². The molecule has 1 aliphatic rings. The van der Waals surface area contributed by atoms with Crippen LogP contribution in [0.4, 0.5) is 0 Å². The summed E-state index contributed by atoms with van der Waals surface area (Å²) in [6.45, 7) is 2.08. The van der Waals surface area contributed by atoms with Crippen LogP contribution in [0.25, 0.3) is 11.0 Å². The predicted octanol–water partition coefficient (Wildman–Crippen LogP) is 1.10. The van der Waals surface area contributed by atoms with Gasteiger partial charge in [-0.2, -0.15) is 0 Å². The molecule has 1 saturated heterocycles. The first-order valence-electron chi connectivity index (χ1n) is 6.00. The molecule has 0 saturated carbocycles. The summed E-state index contributed by atoms with van der Waals surface area (Å²) in [6.07, 6.45) is 2.46. The third kappa shape index (κ3) is 2.10. The molecule has 2 heterocycles. The number of rotatable bonds is 2. The van der Waals surface area contributed by atoms with Gasteiger partial charge in [-0.1, -0.05) is 5.21 Å². The van der Waals surface area contributed by atoms with Crippen molar-refractivity contribution in [3.63, 3.8) is 0 Å². The fourth-order valence-electron chi connectivity index (χ4n) is 2.20. The zero-order chi connectivity index (χ0) is 11.7. The van der Waals surface area contributed by atoms with Gasteiger partial charge in [0.2, 0.25) is 0 Å². The maximum Gasteiger partial charge on any atom is 0.122 e. The molecule has 90 valence electrons. The van der Waals surface area contributed by atoms with E-state index in [0.717, 1.165) is 42.7 Å². The van der Waals surface area contributed by atoms with Crippen LogP contribution in [0.3, 0.4) is 0 Å². The molecule has 1 N–H and O–H groups in total. The SMILES string of the molecule is Cn1nnc2cc(OC3CCNCC3)ccc21. The highest BCUT2D eigenvalue weighted by Gasteiger charge is 2.14. The van der Waals surface area contributed by atoms with Gasteiger partial charge in [0.15, 0.2) is 0 Å². The molecule has 0 aliphatic carbocycles. The number of aromatic nitrogens is 3. The molecule has 1 aromatic heterocycles. The summed E-state index contributed by atoms with van der Waals surface area (Å²) >= 11 is 0. The van der Waals surface area contributed by atoms with E-state index in [1.54, 1.807) is 4.68 Å². The normalized spacial score (nSPS) is 17.5. The highest BCUT2D eigenvalue weighted by molar-refractivity contribution is 5.75. The van der Waals surface area contributed by atoms with E-state index in [1.807, 2.05) is 25.2 Å². The number of ether oxygens (including phenoxy) is 1. The first-order valence-corrected chi connectivity index (χ1v) is 6.00. The number of nitrogens with one attached hydrogen (secondary N) is 1. The van der Waals surface area contributed by atoms with E-state index in [0.29, 0.717) is 6.10 Å². The van der Waals surface area contributed by atoms with E-state index >= 15 is 0 Å². The number of fused-ring (bicyclic) bond motifs is 1. The molecule has 0 radical (unpaired) electrons. The number of hydrogen-bond acceptors (Lipinski definition) is 4. The molecule has 0 spiro atoms. The van der Waals surface area contributed by atoms with E-state index in [-0.39, 0.29) is 0 Å². The fourth-order valence-corrected chi connectivity index (χ4v) is 2.20. The fraction of sp³-hybridized carbons (Fsp3) is 0.500. The second-order valence-corrected chi connectivity index (χ2v) is 4.43. The highest BCUT2D eigenvalue weighted by Crippen LogP contribution is 2.21. The Labute approximate surface area is 99.8 Å². The van der Waals surface area contributed by atoms with Crippen molar-refractivity contribution in [3.8, 4) is 5.75 Å². The van der Waals surface area contributed by atoms with Crippen LogP contribution in [-0.4, -0.2) is 34.2 Å². The van der Waals surface area contributed by atoms with E-state index < -0.39 is 0 Å². The van der Waals surface area contributed by atoms with Gasteiger partial charge in [-0.05, 0) is 38.1 Å². The molecular formula is C12H16N4O. The lowest BCUT2D eigenvalue weighted by Crippen LogP contribution is -2.34. The summed E-state index contributed by atoms with van der Waals surface area (Å²) < 4.78 is 7.72. The minimum atomic E-state index is 0.324. The first kappa shape index (κ1) is 10.5. The molecule has 0 unspecified atom stereocenters. The average molecular weight is 232 g/mol. The topological polar surface area (TPSA) is 52.0 Å². The molecule has 3 rings (SSSR count). The third-order valence-corrected chi connectivity index (χ3v) is 3.17. The Hall–Kier alpha value is -1.62. The third-order valence-electron chi connectivity index (χ3n) is 3.17. The van der Waals surface area contributed by atoms with Crippen molar-refractivity contribution in [2.45, 2.75) is 18.9 Å². The zero-order valence-electron chi connectivity index (χ0n) is 9.89. The van der Waals surface area contributed by atoms with Gasteiger partial charge in [-0.25, -0.2) is 4.68 Å². The largest absolute Gasteiger partial charge is 0.490 e. The lowest BCUT2D eigenvalue weighted by atomic mass is 10.1. The summed E-state index contributed by atoms with van der Waals surface area (Å²) in [5.74, 6) is 0.893. The Morgan fingerprint density at radius 2 is 2.18 bits per heavy atom. The zero-order valence-corrected chi connectivity index (χ0v) is 9.89. The summed E-state index contributed by atoms with van der Waals surface area (Å²) in [5, 5.41) is 11.4. The quantitative estimate of drug-likeness (QED) is 0.842. The van der Waals surface area contributed by atoms with Crippen LogP contribution in [0.2, 0.25) is 0 Å². The Morgan fingerprint density at radius 1 is 1.35 bits per heavy atom. The van der Waals surface area contributed by atoms with Crippen molar-refractivity contribution in [2.75, 3.05) is 13.1 Å². The van der Waals surface area contributed by atoms with Gasteiger partial charge < -0.3 is 10.1 Å². The van der Waals surface area contributed by atoms with Gasteiger partial charge in [0.1, 0.15) is 17.4 Å². The maximum absolute atomic E-state index is 5.96. The van der Waals surface area contributed by atoms with E-state index in [1.165, 1.54) is 0 Å². The summed E-state index contributed by atoms with van der Waals surface area (Å²) in [5.41, 5.74) is 1.92. The highest BCUT2D eigenvalue weighted by atomic mass is 16.5. The molecule has 5 heteroatoms. The Morgan fingerprint density at radius 3 is 3.00 bits per heavy atom. The van der Waals surface area contributed by atoms with Gasteiger partial charge in [0.25, 0.3) is 0 Å². The van der Waals surface area contributed by atoms with Crippen molar-refractivity contribution in [1.82, 2.24) is 20.3 Å². The minimum absolute atomic E-state index is 0.324. The first-order chi connectivity index (χ1) is 8.33. The van der Waals surface area contributed by atoms with Crippen molar-refractivity contribution in [2.24, 2.45) is 7.05 Å². The van der Waals surface area contributed by atoms with E-state index in [4.69, 9.17) is 4.74 Å². The molecule has 17 heavy (non-hydrogen) atoms. The van der Waals surface area contributed by atoms with E-state index in [9.17, 15) is 0 Å².